The van der Waals surface area contributed by atoms with Gasteiger partial charge in [-0.05, 0) is 12.1 Å². The molecule has 0 atom stereocenters. The molecule has 1 aromatic rings. The SMILES string of the molecule is CN(CCC(N)=S)c1cccnn1. The Kier molecular flexibility index (Phi) is 3.57. The molecule has 0 aromatic carbocycles. The van der Waals surface area contributed by atoms with Gasteiger partial charge in [-0.2, -0.15) is 5.10 Å². The zero-order valence-corrected chi connectivity index (χ0v) is 8.29. The van der Waals surface area contributed by atoms with E-state index in [2.05, 4.69) is 10.2 Å². The summed E-state index contributed by atoms with van der Waals surface area (Å²) in [5, 5.41) is 7.73. The van der Waals surface area contributed by atoms with Crippen LogP contribution < -0.4 is 10.6 Å². The molecule has 70 valence electrons. The van der Waals surface area contributed by atoms with Crippen LogP contribution in [0.3, 0.4) is 0 Å². The van der Waals surface area contributed by atoms with Crippen molar-refractivity contribution in [2.24, 2.45) is 5.73 Å². The summed E-state index contributed by atoms with van der Waals surface area (Å²) in [5.41, 5.74) is 5.39. The van der Waals surface area contributed by atoms with E-state index in [4.69, 9.17) is 18.0 Å². The van der Waals surface area contributed by atoms with Crippen LogP contribution in [0.4, 0.5) is 5.82 Å². The number of nitrogens with two attached hydrogens (primary N) is 1. The summed E-state index contributed by atoms with van der Waals surface area (Å²) in [7, 11) is 1.93. The highest BCUT2D eigenvalue weighted by Crippen LogP contribution is 2.04. The molecule has 0 saturated heterocycles. The molecule has 2 N–H and O–H groups in total. The van der Waals surface area contributed by atoms with Gasteiger partial charge in [0.1, 0.15) is 0 Å². The number of hydrogen-bond acceptors (Lipinski definition) is 4. The summed E-state index contributed by atoms with van der Waals surface area (Å²) in [4.78, 5) is 2.49. The minimum absolute atomic E-state index is 0.524. The molecule has 0 radical (unpaired) electrons. The highest BCUT2D eigenvalue weighted by Gasteiger charge is 2.01. The second kappa shape index (κ2) is 4.71. The van der Waals surface area contributed by atoms with Gasteiger partial charge in [0, 0.05) is 26.2 Å². The minimum Gasteiger partial charge on any atom is -0.393 e. The van der Waals surface area contributed by atoms with E-state index < -0.39 is 0 Å². The van der Waals surface area contributed by atoms with Crippen molar-refractivity contribution in [2.45, 2.75) is 6.42 Å². The van der Waals surface area contributed by atoms with Crippen molar-refractivity contribution < 1.29 is 0 Å². The fourth-order valence-electron chi connectivity index (χ4n) is 0.889. The summed E-state index contributed by atoms with van der Waals surface area (Å²) in [6, 6.07) is 3.74. The van der Waals surface area contributed by atoms with Crippen LogP contribution >= 0.6 is 12.2 Å². The molecule has 0 amide bonds. The van der Waals surface area contributed by atoms with Gasteiger partial charge >= 0.3 is 0 Å². The number of anilines is 1. The Morgan fingerprint density at radius 3 is 3.00 bits per heavy atom. The molecule has 0 aliphatic heterocycles. The first kappa shape index (κ1) is 9.85. The standard InChI is InChI=1S/C8H12N4S/c1-12(6-4-7(9)13)8-3-2-5-10-11-8/h2-3,5H,4,6H2,1H3,(H2,9,13). The van der Waals surface area contributed by atoms with Crippen LogP contribution in [-0.4, -0.2) is 28.8 Å². The lowest BCUT2D eigenvalue weighted by molar-refractivity contribution is 0.869. The van der Waals surface area contributed by atoms with Gasteiger partial charge in [-0.1, -0.05) is 12.2 Å². The molecule has 0 fully saturated rings. The zero-order chi connectivity index (χ0) is 9.68. The van der Waals surface area contributed by atoms with Gasteiger partial charge in [0.05, 0.1) is 4.99 Å². The molecule has 1 aromatic heterocycles. The Bertz CT molecular complexity index is 275. The molecule has 13 heavy (non-hydrogen) atoms. The molecule has 0 unspecified atom stereocenters. The van der Waals surface area contributed by atoms with Crippen molar-refractivity contribution in [1.29, 1.82) is 0 Å². The predicted molar refractivity (Wildman–Crippen MR) is 56.7 cm³/mol. The molecule has 5 heteroatoms. The van der Waals surface area contributed by atoms with Gasteiger partial charge < -0.3 is 10.6 Å². The molecule has 0 bridgehead atoms. The van der Waals surface area contributed by atoms with E-state index in [9.17, 15) is 0 Å². The zero-order valence-electron chi connectivity index (χ0n) is 7.47. The van der Waals surface area contributed by atoms with Gasteiger partial charge in [-0.15, -0.1) is 5.10 Å². The maximum Gasteiger partial charge on any atom is 0.150 e. The average molecular weight is 196 g/mol. The first-order chi connectivity index (χ1) is 6.20. The van der Waals surface area contributed by atoms with E-state index in [0.29, 0.717) is 11.4 Å². The van der Waals surface area contributed by atoms with Gasteiger partial charge in [0.2, 0.25) is 0 Å². The van der Waals surface area contributed by atoms with Crippen LogP contribution in [0, 0.1) is 0 Å². The number of hydrogen-bond donors (Lipinski definition) is 1. The highest BCUT2D eigenvalue weighted by atomic mass is 32.1. The lowest BCUT2D eigenvalue weighted by atomic mass is 10.4. The van der Waals surface area contributed by atoms with Crippen molar-refractivity contribution in [3.8, 4) is 0 Å². The minimum atomic E-state index is 0.524. The Balaban J connectivity index is 2.49. The third-order valence-electron chi connectivity index (χ3n) is 1.64. The molecule has 0 aliphatic carbocycles. The lowest BCUT2D eigenvalue weighted by Crippen LogP contribution is -2.24. The van der Waals surface area contributed by atoms with Crippen molar-refractivity contribution in [3.05, 3.63) is 18.3 Å². The van der Waals surface area contributed by atoms with E-state index in [1.54, 1.807) is 6.20 Å². The lowest BCUT2D eigenvalue weighted by Gasteiger charge is -2.16. The molecular formula is C8H12N4S. The van der Waals surface area contributed by atoms with E-state index in [-0.39, 0.29) is 0 Å². The van der Waals surface area contributed by atoms with E-state index in [1.165, 1.54) is 0 Å². The van der Waals surface area contributed by atoms with Crippen molar-refractivity contribution in [3.63, 3.8) is 0 Å². The van der Waals surface area contributed by atoms with Crippen molar-refractivity contribution in [1.82, 2.24) is 10.2 Å². The molecule has 0 saturated carbocycles. The Hall–Kier alpha value is -1.23. The topological polar surface area (TPSA) is 55.0 Å². The first-order valence-corrected chi connectivity index (χ1v) is 4.38. The monoisotopic (exact) mass is 196 g/mol. The number of thiocarbonyl (C=S) groups is 1. The summed E-state index contributed by atoms with van der Waals surface area (Å²) in [6.45, 7) is 0.772. The largest absolute Gasteiger partial charge is 0.393 e. The van der Waals surface area contributed by atoms with Crippen molar-refractivity contribution in [2.75, 3.05) is 18.5 Å². The molecule has 4 nitrogen and oxygen atoms in total. The van der Waals surface area contributed by atoms with E-state index >= 15 is 0 Å². The van der Waals surface area contributed by atoms with Crippen molar-refractivity contribution >= 4 is 23.0 Å². The first-order valence-electron chi connectivity index (χ1n) is 3.97. The van der Waals surface area contributed by atoms with Gasteiger partial charge in [0.25, 0.3) is 0 Å². The number of nitrogens with zero attached hydrogens (tertiary/aromatic N) is 3. The fourth-order valence-corrected chi connectivity index (χ4v) is 0.981. The van der Waals surface area contributed by atoms with Crippen LogP contribution in [0.2, 0.25) is 0 Å². The van der Waals surface area contributed by atoms with Crippen LogP contribution in [0.1, 0.15) is 6.42 Å². The summed E-state index contributed by atoms with van der Waals surface area (Å²) < 4.78 is 0. The van der Waals surface area contributed by atoms with Gasteiger partial charge in [0.15, 0.2) is 5.82 Å². The summed E-state index contributed by atoms with van der Waals surface area (Å²) in [6.07, 6.45) is 2.34. The normalized spacial score (nSPS) is 9.62. The Morgan fingerprint density at radius 2 is 2.46 bits per heavy atom. The predicted octanol–water partition coefficient (Wildman–Crippen LogP) is 0.589. The molecular weight excluding hydrogens is 184 g/mol. The van der Waals surface area contributed by atoms with E-state index in [0.717, 1.165) is 12.4 Å². The van der Waals surface area contributed by atoms with Gasteiger partial charge in [-0.25, -0.2) is 0 Å². The summed E-state index contributed by atoms with van der Waals surface area (Å²) in [5.74, 6) is 0.832. The third-order valence-corrected chi connectivity index (χ3v) is 1.85. The maximum absolute atomic E-state index is 5.39. The Labute approximate surface area is 82.8 Å². The van der Waals surface area contributed by atoms with Crippen LogP contribution in [0.15, 0.2) is 18.3 Å². The second-order valence-corrected chi connectivity index (χ2v) is 3.24. The number of rotatable bonds is 4. The van der Waals surface area contributed by atoms with Gasteiger partial charge in [-0.3, -0.25) is 0 Å². The summed E-state index contributed by atoms with van der Waals surface area (Å²) >= 11 is 4.78. The Morgan fingerprint density at radius 1 is 1.69 bits per heavy atom. The van der Waals surface area contributed by atoms with Crippen LogP contribution in [0.5, 0.6) is 0 Å². The van der Waals surface area contributed by atoms with Crippen LogP contribution in [0.25, 0.3) is 0 Å². The van der Waals surface area contributed by atoms with E-state index in [1.807, 2.05) is 24.1 Å². The maximum atomic E-state index is 5.39. The third kappa shape index (κ3) is 3.33. The highest BCUT2D eigenvalue weighted by molar-refractivity contribution is 7.80. The second-order valence-electron chi connectivity index (χ2n) is 2.72. The number of aromatic nitrogens is 2. The molecule has 1 heterocycles. The fraction of sp³-hybridized carbons (Fsp3) is 0.375. The molecule has 0 aliphatic rings. The van der Waals surface area contributed by atoms with Crippen LogP contribution in [-0.2, 0) is 0 Å². The molecule has 1 rings (SSSR count). The molecule has 0 spiro atoms. The average Bonchev–Trinajstić information content (AvgIpc) is 2.15. The smallest absolute Gasteiger partial charge is 0.150 e. The quantitative estimate of drug-likeness (QED) is 0.714.